The molecule has 42 valence electrons. The molecule has 0 aliphatic carbocycles. The van der Waals surface area contributed by atoms with Crippen molar-refractivity contribution in [2.24, 2.45) is 5.73 Å². The summed E-state index contributed by atoms with van der Waals surface area (Å²) in [5.41, 5.74) is 5.11. The van der Waals surface area contributed by atoms with E-state index in [1.807, 2.05) is 0 Å². The molecule has 2 N–H and O–H groups in total. The summed E-state index contributed by atoms with van der Waals surface area (Å²) in [5.74, 6) is 0. The van der Waals surface area contributed by atoms with Gasteiger partial charge in [0.1, 0.15) is 0 Å². The highest BCUT2D eigenvalue weighted by Crippen LogP contribution is 1.82. The van der Waals surface area contributed by atoms with E-state index in [0.717, 1.165) is 12.8 Å². The predicted molar refractivity (Wildman–Crippen MR) is 29.9 cm³/mol. The minimum atomic E-state index is 0.289. The van der Waals surface area contributed by atoms with Crippen LogP contribution >= 0.6 is 0 Å². The number of hydrogen-bond donors (Lipinski definition) is 1. The molecule has 0 rings (SSSR count). The van der Waals surface area contributed by atoms with E-state index in [1.54, 1.807) is 0 Å². The van der Waals surface area contributed by atoms with E-state index in [9.17, 15) is 4.96 Å². The third-order valence-corrected chi connectivity index (χ3v) is 0.682. The van der Waals surface area contributed by atoms with Gasteiger partial charge in [-0.3, -0.25) is 0 Å². The lowest BCUT2D eigenvalue weighted by atomic mass is 10.3. The van der Waals surface area contributed by atoms with Gasteiger partial charge >= 0.3 is 6.61 Å². The smallest absolute Gasteiger partial charge is 0.330 e. The summed E-state index contributed by atoms with van der Waals surface area (Å²) in [5, 5.41) is 0. The van der Waals surface area contributed by atoms with Gasteiger partial charge in [0, 0.05) is 11.0 Å². The minimum Gasteiger partial charge on any atom is -0.330 e. The molecule has 0 unspecified atom stereocenters. The first-order valence-corrected chi connectivity index (χ1v) is 2.36. The zero-order chi connectivity index (χ0) is 5.54. The molecule has 0 aromatic carbocycles. The van der Waals surface area contributed by atoms with Crippen molar-refractivity contribution in [3.05, 3.63) is 9.56 Å². The van der Waals surface area contributed by atoms with Crippen molar-refractivity contribution < 1.29 is 0 Å². The number of hydrogen-bond acceptors (Lipinski definition) is 2. The Morgan fingerprint density at radius 1 is 1.43 bits per heavy atom. The van der Waals surface area contributed by atoms with Crippen LogP contribution in [0.1, 0.15) is 12.8 Å². The first-order valence-electron chi connectivity index (χ1n) is 2.36. The van der Waals surface area contributed by atoms with Crippen molar-refractivity contribution in [2.75, 3.05) is 13.2 Å². The molecule has 7 heavy (non-hydrogen) atoms. The molecular weight excluding hydrogens is 94.0 g/mol. The third-order valence-electron chi connectivity index (χ3n) is 0.682. The number of unbranched alkanes of at least 4 members (excludes halogenated alkanes) is 1. The molecule has 0 heterocycles. The highest BCUT2D eigenvalue weighted by molar-refractivity contribution is 4.63. The standard InChI is InChI=1S/C4H10NO2/c5-3-1-2-4-7-6/h1-5H2/q+1. The van der Waals surface area contributed by atoms with Crippen molar-refractivity contribution in [1.29, 1.82) is 0 Å². The molecule has 0 spiro atoms. The maximum Gasteiger partial charge on any atom is 0.342 e. The van der Waals surface area contributed by atoms with Crippen molar-refractivity contribution in [3.8, 4) is 0 Å². The highest BCUT2D eigenvalue weighted by Gasteiger charge is 1.91. The quantitative estimate of drug-likeness (QED) is 0.413. The molecule has 0 fully saturated rings. The molecule has 3 nitrogen and oxygen atoms in total. The molecule has 0 bridgehead atoms. The summed E-state index contributed by atoms with van der Waals surface area (Å²) in [6, 6.07) is 0. The van der Waals surface area contributed by atoms with Crippen LogP contribution in [-0.4, -0.2) is 13.2 Å². The van der Waals surface area contributed by atoms with Gasteiger partial charge in [-0.15, -0.1) is 0 Å². The zero-order valence-corrected chi connectivity index (χ0v) is 4.22. The van der Waals surface area contributed by atoms with Gasteiger partial charge in [-0.2, -0.15) is 0 Å². The van der Waals surface area contributed by atoms with E-state index in [-0.39, 0.29) is 6.61 Å². The Balaban J connectivity index is 2.56. The van der Waals surface area contributed by atoms with E-state index in [4.69, 9.17) is 5.73 Å². The molecule has 0 radical (unpaired) electrons. The van der Waals surface area contributed by atoms with Crippen LogP contribution in [0.2, 0.25) is 0 Å². The summed E-state index contributed by atoms with van der Waals surface area (Å²) >= 11 is 0. The van der Waals surface area contributed by atoms with Crippen LogP contribution in [0, 0.1) is 9.56 Å². The van der Waals surface area contributed by atoms with E-state index < -0.39 is 0 Å². The van der Waals surface area contributed by atoms with Crippen molar-refractivity contribution in [1.82, 2.24) is 0 Å². The van der Waals surface area contributed by atoms with Crippen LogP contribution in [0.25, 0.3) is 0 Å². The topological polar surface area (TPSA) is 54.4 Å². The van der Waals surface area contributed by atoms with Crippen molar-refractivity contribution in [3.63, 3.8) is 0 Å². The summed E-state index contributed by atoms with van der Waals surface area (Å²) in [6.45, 7) is 0.931. The van der Waals surface area contributed by atoms with Gasteiger partial charge < -0.3 is 5.73 Å². The van der Waals surface area contributed by atoms with Gasteiger partial charge in [0.2, 0.25) is 4.96 Å². The first kappa shape index (κ1) is 6.56. The minimum absolute atomic E-state index is 0.289. The average molecular weight is 104 g/mol. The number of nitrogens with two attached hydrogens (primary N) is 1. The van der Waals surface area contributed by atoms with Crippen LogP contribution in [0.4, 0.5) is 0 Å². The van der Waals surface area contributed by atoms with Crippen molar-refractivity contribution >= 4 is 0 Å². The monoisotopic (exact) mass is 104 g/mol. The Morgan fingerprint density at radius 3 is 2.57 bits per heavy atom. The lowest BCUT2D eigenvalue weighted by Gasteiger charge is -1.79. The maximum absolute atomic E-state index is 9.26. The second-order valence-electron chi connectivity index (χ2n) is 1.32. The molecule has 0 aromatic rings. The van der Waals surface area contributed by atoms with E-state index in [2.05, 4.69) is 4.60 Å². The fourth-order valence-corrected chi connectivity index (χ4v) is 0.305. The van der Waals surface area contributed by atoms with E-state index >= 15 is 0 Å². The second kappa shape index (κ2) is 5.56. The second-order valence-corrected chi connectivity index (χ2v) is 1.32. The van der Waals surface area contributed by atoms with Gasteiger partial charge in [-0.25, -0.2) is 0 Å². The molecule has 0 aromatic heterocycles. The molecule has 0 aliphatic rings. The Labute approximate surface area is 42.4 Å². The number of rotatable bonds is 4. The largest absolute Gasteiger partial charge is 0.342 e. The Hall–Kier alpha value is -0.440. The molecule has 0 saturated heterocycles. The molecule has 0 saturated carbocycles. The van der Waals surface area contributed by atoms with Crippen LogP contribution in [0.15, 0.2) is 0 Å². The Bertz CT molecular complexity index is 47.0. The average Bonchev–Trinajstić information content (AvgIpc) is 1.69. The predicted octanol–water partition coefficient (Wildman–Crippen LogP) is 0.342. The Morgan fingerprint density at radius 2 is 2.14 bits per heavy atom. The summed E-state index contributed by atoms with van der Waals surface area (Å²) in [4.78, 5) is 9.26. The highest BCUT2D eigenvalue weighted by atomic mass is 16.8. The summed E-state index contributed by atoms with van der Waals surface area (Å²) < 4.78 is 3.54. The van der Waals surface area contributed by atoms with Gasteiger partial charge in [0.25, 0.3) is 0 Å². The normalized spacial score (nSPS) is 8.71. The van der Waals surface area contributed by atoms with Crippen LogP contribution < -0.4 is 5.73 Å². The maximum atomic E-state index is 9.26. The SMILES string of the molecule is NCCCC[O+]=O. The fraction of sp³-hybridized carbons (Fsp3) is 1.00. The van der Waals surface area contributed by atoms with E-state index in [1.165, 1.54) is 0 Å². The molecule has 0 atom stereocenters. The van der Waals surface area contributed by atoms with Gasteiger partial charge in [0.15, 0.2) is 0 Å². The first-order chi connectivity index (χ1) is 3.41. The van der Waals surface area contributed by atoms with Crippen LogP contribution in [0.5, 0.6) is 0 Å². The lowest BCUT2D eigenvalue weighted by Crippen LogP contribution is -1.98. The third kappa shape index (κ3) is 5.56. The van der Waals surface area contributed by atoms with Crippen LogP contribution in [0.3, 0.4) is 0 Å². The van der Waals surface area contributed by atoms with Gasteiger partial charge in [-0.05, 0) is 13.0 Å². The summed E-state index contributed by atoms with van der Waals surface area (Å²) in [7, 11) is 0. The van der Waals surface area contributed by atoms with Crippen LogP contribution in [-0.2, 0) is 0 Å². The van der Waals surface area contributed by atoms with Gasteiger partial charge in [0.05, 0.1) is 0 Å². The van der Waals surface area contributed by atoms with Crippen molar-refractivity contribution in [2.45, 2.75) is 12.8 Å². The van der Waals surface area contributed by atoms with Gasteiger partial charge in [-0.1, -0.05) is 0 Å². The molecule has 0 aliphatic heterocycles. The molecule has 0 amide bonds. The lowest BCUT2D eigenvalue weighted by molar-refractivity contribution is 0.789. The Kier molecular flexibility index (Phi) is 5.21. The molecule has 3 heteroatoms. The molecular formula is C4H10NO2+. The van der Waals surface area contributed by atoms with E-state index in [0.29, 0.717) is 6.54 Å². The summed E-state index contributed by atoms with van der Waals surface area (Å²) in [6.07, 6.45) is 1.66. The fourth-order valence-electron chi connectivity index (χ4n) is 0.305. The zero-order valence-electron chi connectivity index (χ0n) is 4.22.